The third kappa shape index (κ3) is 0.896. The summed E-state index contributed by atoms with van der Waals surface area (Å²) in [5.41, 5.74) is 4.60. The Hall–Kier alpha value is -0.820. The Labute approximate surface area is 72.4 Å². The number of hydrogen-bond donors (Lipinski definition) is 0. The van der Waals surface area contributed by atoms with Crippen molar-refractivity contribution >= 4 is 0 Å². The van der Waals surface area contributed by atoms with Crippen molar-refractivity contribution < 1.29 is 4.74 Å². The van der Waals surface area contributed by atoms with Gasteiger partial charge in [0.2, 0.25) is 0 Å². The summed E-state index contributed by atoms with van der Waals surface area (Å²) in [6.45, 7) is 0.941. The lowest BCUT2D eigenvalue weighted by atomic mass is 10.0. The third-order valence-corrected chi connectivity index (χ3v) is 2.86. The Morgan fingerprint density at radius 3 is 3.00 bits per heavy atom. The molecule has 1 heteroatoms. The molecule has 0 radical (unpaired) electrons. The van der Waals surface area contributed by atoms with E-state index in [0.29, 0.717) is 6.10 Å². The SMILES string of the molecule is c1cc2c(c([C@H]3CO3)c1)CCC2. The van der Waals surface area contributed by atoms with Crippen LogP contribution >= 0.6 is 0 Å². The van der Waals surface area contributed by atoms with Crippen LogP contribution < -0.4 is 0 Å². The first-order valence-electron chi connectivity index (χ1n) is 4.67. The lowest BCUT2D eigenvalue weighted by Gasteiger charge is -2.04. The average Bonchev–Trinajstić information content (AvgIpc) is 2.82. The van der Waals surface area contributed by atoms with Crippen LogP contribution in [0.1, 0.15) is 29.2 Å². The third-order valence-electron chi connectivity index (χ3n) is 2.86. The van der Waals surface area contributed by atoms with Gasteiger partial charge in [0.15, 0.2) is 0 Å². The van der Waals surface area contributed by atoms with Gasteiger partial charge in [0.25, 0.3) is 0 Å². The molecular formula is C11H12O. The number of rotatable bonds is 1. The number of ether oxygens (including phenoxy) is 1. The molecule has 1 heterocycles. The van der Waals surface area contributed by atoms with Crippen molar-refractivity contribution in [1.29, 1.82) is 0 Å². The van der Waals surface area contributed by atoms with Gasteiger partial charge < -0.3 is 4.74 Å². The number of fused-ring (bicyclic) bond motifs is 1. The summed E-state index contributed by atoms with van der Waals surface area (Å²) < 4.78 is 5.32. The van der Waals surface area contributed by atoms with Crippen LogP contribution in [-0.4, -0.2) is 6.61 Å². The zero-order valence-electron chi connectivity index (χ0n) is 7.05. The van der Waals surface area contributed by atoms with Crippen LogP contribution in [-0.2, 0) is 17.6 Å². The summed E-state index contributed by atoms with van der Waals surface area (Å²) in [5, 5.41) is 0. The molecule has 1 aromatic rings. The molecule has 1 atom stereocenters. The molecule has 2 aliphatic rings. The molecule has 0 bridgehead atoms. The van der Waals surface area contributed by atoms with Crippen LogP contribution in [0.25, 0.3) is 0 Å². The maximum absolute atomic E-state index is 5.32. The molecule has 12 heavy (non-hydrogen) atoms. The Morgan fingerprint density at radius 2 is 2.17 bits per heavy atom. The fraction of sp³-hybridized carbons (Fsp3) is 0.455. The minimum absolute atomic E-state index is 0.443. The van der Waals surface area contributed by atoms with Gasteiger partial charge in [-0.25, -0.2) is 0 Å². The first-order chi connectivity index (χ1) is 5.95. The molecular weight excluding hydrogens is 148 g/mol. The van der Waals surface area contributed by atoms with Crippen molar-refractivity contribution in [2.24, 2.45) is 0 Å². The van der Waals surface area contributed by atoms with Crippen LogP contribution in [0.15, 0.2) is 18.2 Å². The molecule has 1 aliphatic carbocycles. The number of epoxide rings is 1. The zero-order valence-corrected chi connectivity index (χ0v) is 7.05. The highest BCUT2D eigenvalue weighted by atomic mass is 16.6. The lowest BCUT2D eigenvalue weighted by Crippen LogP contribution is -1.90. The topological polar surface area (TPSA) is 12.5 Å². The molecule has 1 fully saturated rings. The Bertz CT molecular complexity index is 313. The van der Waals surface area contributed by atoms with E-state index >= 15 is 0 Å². The molecule has 0 aromatic heterocycles. The minimum Gasteiger partial charge on any atom is -0.368 e. The molecule has 1 aliphatic heterocycles. The molecule has 1 saturated heterocycles. The maximum atomic E-state index is 5.32. The molecule has 3 rings (SSSR count). The quantitative estimate of drug-likeness (QED) is 0.574. The fourth-order valence-corrected chi connectivity index (χ4v) is 2.18. The Balaban J connectivity index is 2.12. The zero-order chi connectivity index (χ0) is 7.97. The van der Waals surface area contributed by atoms with Gasteiger partial charge in [0, 0.05) is 0 Å². The number of benzene rings is 1. The van der Waals surface area contributed by atoms with Gasteiger partial charge in [0.05, 0.1) is 6.61 Å². The van der Waals surface area contributed by atoms with E-state index in [9.17, 15) is 0 Å². The van der Waals surface area contributed by atoms with Crippen molar-refractivity contribution in [3.63, 3.8) is 0 Å². The van der Waals surface area contributed by atoms with E-state index < -0.39 is 0 Å². The summed E-state index contributed by atoms with van der Waals surface area (Å²) in [5.74, 6) is 0. The highest BCUT2D eigenvalue weighted by Gasteiger charge is 2.29. The van der Waals surface area contributed by atoms with E-state index in [4.69, 9.17) is 4.74 Å². The molecule has 0 N–H and O–H groups in total. The summed E-state index contributed by atoms with van der Waals surface area (Å²) in [4.78, 5) is 0. The van der Waals surface area contributed by atoms with E-state index in [-0.39, 0.29) is 0 Å². The van der Waals surface area contributed by atoms with Crippen molar-refractivity contribution in [3.05, 3.63) is 34.9 Å². The summed E-state index contributed by atoms with van der Waals surface area (Å²) >= 11 is 0. The second kappa shape index (κ2) is 2.33. The molecule has 0 unspecified atom stereocenters. The van der Waals surface area contributed by atoms with Crippen molar-refractivity contribution in [2.45, 2.75) is 25.4 Å². The van der Waals surface area contributed by atoms with Crippen molar-refractivity contribution in [1.82, 2.24) is 0 Å². The molecule has 1 aromatic carbocycles. The highest BCUT2D eigenvalue weighted by Crippen LogP contribution is 2.36. The van der Waals surface area contributed by atoms with Gasteiger partial charge in [-0.15, -0.1) is 0 Å². The predicted octanol–water partition coefficient (Wildman–Crippen LogP) is 2.25. The van der Waals surface area contributed by atoms with Crippen LogP contribution in [0.5, 0.6) is 0 Å². The van der Waals surface area contributed by atoms with Gasteiger partial charge in [-0.3, -0.25) is 0 Å². The highest BCUT2D eigenvalue weighted by molar-refractivity contribution is 5.40. The van der Waals surface area contributed by atoms with Gasteiger partial charge in [-0.05, 0) is 36.0 Å². The van der Waals surface area contributed by atoms with E-state index in [2.05, 4.69) is 18.2 Å². The lowest BCUT2D eigenvalue weighted by molar-refractivity contribution is 0.414. The van der Waals surface area contributed by atoms with Gasteiger partial charge >= 0.3 is 0 Å². The Morgan fingerprint density at radius 1 is 1.25 bits per heavy atom. The van der Waals surface area contributed by atoms with Crippen LogP contribution in [0.3, 0.4) is 0 Å². The first-order valence-corrected chi connectivity index (χ1v) is 4.67. The maximum Gasteiger partial charge on any atom is 0.106 e. The molecule has 0 spiro atoms. The van der Waals surface area contributed by atoms with Crippen LogP contribution in [0.4, 0.5) is 0 Å². The van der Waals surface area contributed by atoms with Crippen LogP contribution in [0.2, 0.25) is 0 Å². The monoisotopic (exact) mass is 160 g/mol. The first kappa shape index (κ1) is 6.67. The van der Waals surface area contributed by atoms with Crippen LogP contribution in [0, 0.1) is 0 Å². The summed E-state index contributed by atoms with van der Waals surface area (Å²) in [7, 11) is 0. The largest absolute Gasteiger partial charge is 0.368 e. The normalized spacial score (nSPS) is 25.5. The standard InChI is InChI=1S/C11H12O/c1-3-8-4-2-6-10(9(8)5-1)11-7-12-11/h2,4,6,11H,1,3,5,7H2/t11-/m1/s1. The van der Waals surface area contributed by atoms with E-state index in [1.165, 1.54) is 24.8 Å². The molecule has 1 nitrogen and oxygen atoms in total. The Kier molecular flexibility index (Phi) is 1.30. The van der Waals surface area contributed by atoms with Gasteiger partial charge in [0.1, 0.15) is 6.10 Å². The summed E-state index contributed by atoms with van der Waals surface area (Å²) in [6, 6.07) is 6.65. The molecule has 62 valence electrons. The minimum atomic E-state index is 0.443. The van der Waals surface area contributed by atoms with E-state index in [0.717, 1.165) is 6.61 Å². The molecule has 0 amide bonds. The van der Waals surface area contributed by atoms with Gasteiger partial charge in [-0.2, -0.15) is 0 Å². The van der Waals surface area contributed by atoms with E-state index in [1.54, 1.807) is 11.1 Å². The number of aryl methyl sites for hydroxylation is 1. The average molecular weight is 160 g/mol. The van der Waals surface area contributed by atoms with Crippen molar-refractivity contribution in [3.8, 4) is 0 Å². The van der Waals surface area contributed by atoms with Gasteiger partial charge in [-0.1, -0.05) is 18.2 Å². The van der Waals surface area contributed by atoms with E-state index in [1.807, 2.05) is 0 Å². The predicted molar refractivity (Wildman–Crippen MR) is 47.2 cm³/mol. The number of hydrogen-bond acceptors (Lipinski definition) is 1. The second-order valence-electron chi connectivity index (χ2n) is 3.66. The second-order valence-corrected chi connectivity index (χ2v) is 3.66. The molecule has 0 saturated carbocycles. The van der Waals surface area contributed by atoms with Crippen molar-refractivity contribution in [2.75, 3.05) is 6.61 Å². The smallest absolute Gasteiger partial charge is 0.106 e. The summed E-state index contributed by atoms with van der Waals surface area (Å²) in [6.07, 6.45) is 4.32. The fourth-order valence-electron chi connectivity index (χ4n) is 2.18.